The fourth-order valence-electron chi connectivity index (χ4n) is 2.22. The maximum absolute atomic E-state index is 11.6. The highest BCUT2D eigenvalue weighted by atomic mass is 16.4. The molecule has 19 heavy (non-hydrogen) atoms. The molecule has 102 valence electrons. The summed E-state index contributed by atoms with van der Waals surface area (Å²) in [5.41, 5.74) is 1.89. The van der Waals surface area contributed by atoms with Crippen LogP contribution in [-0.2, 0) is 22.6 Å². The zero-order valence-corrected chi connectivity index (χ0v) is 10.9. The highest BCUT2D eigenvalue weighted by Gasteiger charge is 2.24. The molecule has 1 heterocycles. The third-order valence-corrected chi connectivity index (χ3v) is 3.39. The average molecular weight is 262 g/mol. The Balaban J connectivity index is 1.99. The minimum absolute atomic E-state index is 0.0444. The monoisotopic (exact) mass is 262 g/mol. The van der Waals surface area contributed by atoms with E-state index in [1.807, 2.05) is 31.2 Å². The molecule has 5 nitrogen and oxygen atoms in total. The highest BCUT2D eigenvalue weighted by molar-refractivity contribution is 5.82. The summed E-state index contributed by atoms with van der Waals surface area (Å²) in [7, 11) is 0. The fourth-order valence-corrected chi connectivity index (χ4v) is 2.22. The molecule has 0 bridgehead atoms. The largest absolute Gasteiger partial charge is 0.481 e. The first-order chi connectivity index (χ1) is 9.06. The molecule has 1 aromatic rings. The number of aliphatic carboxylic acids is 1. The molecule has 2 N–H and O–H groups in total. The SMILES string of the molecule is CC1C(=O)NCCN1Cc1ccc(CC(=O)O)cc1. The first-order valence-electron chi connectivity index (χ1n) is 6.37. The lowest BCUT2D eigenvalue weighted by molar-refractivity contribution is -0.136. The standard InChI is InChI=1S/C14H18N2O3/c1-10-14(19)15-6-7-16(10)9-12-4-2-11(3-5-12)8-13(17)18/h2-5,10H,6-9H2,1H3,(H,15,19)(H,17,18). The van der Waals surface area contributed by atoms with Gasteiger partial charge in [0.25, 0.3) is 0 Å². The summed E-state index contributed by atoms with van der Waals surface area (Å²) >= 11 is 0. The Morgan fingerprint density at radius 2 is 2.00 bits per heavy atom. The van der Waals surface area contributed by atoms with Crippen LogP contribution in [0.1, 0.15) is 18.1 Å². The second-order valence-electron chi connectivity index (χ2n) is 4.82. The molecule has 1 fully saturated rings. The third kappa shape index (κ3) is 3.54. The number of carbonyl (C=O) groups excluding carboxylic acids is 1. The Hall–Kier alpha value is -1.88. The molecule has 1 aliphatic heterocycles. The van der Waals surface area contributed by atoms with Gasteiger partial charge in [-0.2, -0.15) is 0 Å². The molecule has 5 heteroatoms. The van der Waals surface area contributed by atoms with Crippen molar-refractivity contribution in [2.24, 2.45) is 0 Å². The molecule has 0 spiro atoms. The Morgan fingerprint density at radius 1 is 1.37 bits per heavy atom. The van der Waals surface area contributed by atoms with Crippen molar-refractivity contribution in [1.29, 1.82) is 0 Å². The first-order valence-corrected chi connectivity index (χ1v) is 6.37. The van der Waals surface area contributed by atoms with Crippen LogP contribution in [0.3, 0.4) is 0 Å². The molecule has 1 atom stereocenters. The van der Waals surface area contributed by atoms with Crippen molar-refractivity contribution in [3.63, 3.8) is 0 Å². The number of carboxylic acids is 1. The molecule has 0 aromatic heterocycles. The van der Waals surface area contributed by atoms with Crippen molar-refractivity contribution in [3.05, 3.63) is 35.4 Å². The number of piperazine rings is 1. The molecular weight excluding hydrogens is 244 g/mol. The Labute approximate surface area is 112 Å². The lowest BCUT2D eigenvalue weighted by atomic mass is 10.1. The topological polar surface area (TPSA) is 69.6 Å². The molecular formula is C14H18N2O3. The number of hydrogen-bond donors (Lipinski definition) is 2. The van der Waals surface area contributed by atoms with E-state index in [0.29, 0.717) is 13.1 Å². The number of benzene rings is 1. The van der Waals surface area contributed by atoms with Gasteiger partial charge in [0.1, 0.15) is 0 Å². The Kier molecular flexibility index (Phi) is 4.16. The zero-order chi connectivity index (χ0) is 13.8. The maximum atomic E-state index is 11.6. The molecule has 1 saturated heterocycles. The molecule has 0 radical (unpaired) electrons. The maximum Gasteiger partial charge on any atom is 0.307 e. The number of rotatable bonds is 4. The van der Waals surface area contributed by atoms with Crippen LogP contribution in [0.25, 0.3) is 0 Å². The molecule has 1 unspecified atom stereocenters. The molecule has 2 rings (SSSR count). The first kappa shape index (κ1) is 13.5. The normalized spacial score (nSPS) is 20.1. The van der Waals surface area contributed by atoms with Crippen LogP contribution < -0.4 is 5.32 Å². The minimum atomic E-state index is -0.825. The Morgan fingerprint density at radius 3 is 2.63 bits per heavy atom. The van der Waals surface area contributed by atoms with Gasteiger partial charge < -0.3 is 10.4 Å². The van der Waals surface area contributed by atoms with Crippen LogP contribution in [0.15, 0.2) is 24.3 Å². The molecule has 0 saturated carbocycles. The van der Waals surface area contributed by atoms with Gasteiger partial charge in [-0.3, -0.25) is 14.5 Å². The van der Waals surface area contributed by atoms with Crippen molar-refractivity contribution in [3.8, 4) is 0 Å². The number of hydrogen-bond acceptors (Lipinski definition) is 3. The van der Waals surface area contributed by atoms with E-state index in [-0.39, 0.29) is 18.4 Å². The van der Waals surface area contributed by atoms with E-state index in [9.17, 15) is 9.59 Å². The van der Waals surface area contributed by atoms with Gasteiger partial charge in [0.2, 0.25) is 5.91 Å². The van der Waals surface area contributed by atoms with Gasteiger partial charge in [-0.05, 0) is 18.1 Å². The van der Waals surface area contributed by atoms with E-state index < -0.39 is 5.97 Å². The van der Waals surface area contributed by atoms with E-state index in [4.69, 9.17) is 5.11 Å². The number of nitrogens with zero attached hydrogens (tertiary/aromatic N) is 1. The summed E-state index contributed by atoms with van der Waals surface area (Å²) in [6.45, 7) is 4.12. The summed E-state index contributed by atoms with van der Waals surface area (Å²) in [6.07, 6.45) is 0.0444. The van der Waals surface area contributed by atoms with Crippen LogP contribution in [0.2, 0.25) is 0 Å². The molecule has 0 aliphatic carbocycles. The second-order valence-corrected chi connectivity index (χ2v) is 4.82. The van der Waals surface area contributed by atoms with E-state index in [0.717, 1.165) is 17.7 Å². The fraction of sp³-hybridized carbons (Fsp3) is 0.429. The lowest BCUT2D eigenvalue weighted by Gasteiger charge is -2.32. The Bertz CT molecular complexity index is 470. The van der Waals surface area contributed by atoms with Crippen LogP contribution in [0, 0.1) is 0 Å². The number of carboxylic acid groups (broad SMARTS) is 1. The van der Waals surface area contributed by atoms with Gasteiger partial charge in [0.15, 0.2) is 0 Å². The molecule has 1 aliphatic rings. The van der Waals surface area contributed by atoms with Gasteiger partial charge in [-0.15, -0.1) is 0 Å². The van der Waals surface area contributed by atoms with Crippen LogP contribution in [0.5, 0.6) is 0 Å². The summed E-state index contributed by atoms with van der Waals surface area (Å²) in [6, 6.07) is 7.40. The average Bonchev–Trinajstić information content (AvgIpc) is 2.37. The number of carbonyl (C=O) groups is 2. The quantitative estimate of drug-likeness (QED) is 0.835. The predicted molar refractivity (Wildman–Crippen MR) is 70.7 cm³/mol. The van der Waals surface area contributed by atoms with Crippen LogP contribution in [-0.4, -0.2) is 41.0 Å². The van der Waals surface area contributed by atoms with Gasteiger partial charge in [-0.25, -0.2) is 0 Å². The van der Waals surface area contributed by atoms with Gasteiger partial charge in [-0.1, -0.05) is 24.3 Å². The van der Waals surface area contributed by atoms with E-state index in [2.05, 4.69) is 10.2 Å². The summed E-state index contributed by atoms with van der Waals surface area (Å²) in [5, 5.41) is 11.5. The molecule has 1 amide bonds. The summed E-state index contributed by atoms with van der Waals surface area (Å²) < 4.78 is 0. The van der Waals surface area contributed by atoms with Gasteiger partial charge >= 0.3 is 5.97 Å². The smallest absolute Gasteiger partial charge is 0.307 e. The van der Waals surface area contributed by atoms with Gasteiger partial charge in [0, 0.05) is 19.6 Å². The van der Waals surface area contributed by atoms with E-state index >= 15 is 0 Å². The van der Waals surface area contributed by atoms with Crippen molar-refractivity contribution in [2.45, 2.75) is 25.9 Å². The molecule has 1 aromatic carbocycles. The highest BCUT2D eigenvalue weighted by Crippen LogP contribution is 2.12. The van der Waals surface area contributed by atoms with Gasteiger partial charge in [0.05, 0.1) is 12.5 Å². The predicted octanol–water partition coefficient (Wildman–Crippen LogP) is 0.634. The van der Waals surface area contributed by atoms with Crippen molar-refractivity contribution in [2.75, 3.05) is 13.1 Å². The lowest BCUT2D eigenvalue weighted by Crippen LogP contribution is -2.53. The second kappa shape index (κ2) is 5.84. The van der Waals surface area contributed by atoms with Crippen LogP contribution in [0.4, 0.5) is 0 Å². The third-order valence-electron chi connectivity index (χ3n) is 3.39. The van der Waals surface area contributed by atoms with Crippen LogP contribution >= 0.6 is 0 Å². The summed E-state index contributed by atoms with van der Waals surface area (Å²) in [4.78, 5) is 24.3. The van der Waals surface area contributed by atoms with Crippen molar-refractivity contribution in [1.82, 2.24) is 10.2 Å². The zero-order valence-electron chi connectivity index (χ0n) is 10.9. The number of amides is 1. The van der Waals surface area contributed by atoms with Crippen molar-refractivity contribution < 1.29 is 14.7 Å². The summed E-state index contributed by atoms with van der Waals surface area (Å²) in [5.74, 6) is -0.761. The van der Waals surface area contributed by atoms with Crippen molar-refractivity contribution >= 4 is 11.9 Å². The number of nitrogens with one attached hydrogen (secondary N) is 1. The van der Waals surface area contributed by atoms with E-state index in [1.54, 1.807) is 0 Å². The van der Waals surface area contributed by atoms with E-state index in [1.165, 1.54) is 0 Å². The minimum Gasteiger partial charge on any atom is -0.481 e.